The molecule has 0 aromatic heterocycles. The molecule has 0 radical (unpaired) electrons. The molecule has 96 valence electrons. The molecular formula is C10H22N2O2S2. The fraction of sp³-hybridized carbons (Fsp3) is 1.00. The number of rotatable bonds is 5. The third kappa shape index (κ3) is 3.61. The van der Waals surface area contributed by atoms with Crippen LogP contribution in [0.4, 0.5) is 0 Å². The van der Waals surface area contributed by atoms with Crippen molar-refractivity contribution in [2.45, 2.75) is 19.2 Å². The minimum Gasteiger partial charge on any atom is -0.330 e. The van der Waals surface area contributed by atoms with Crippen LogP contribution in [0, 0.1) is 5.92 Å². The highest BCUT2D eigenvalue weighted by atomic mass is 32.2. The quantitative estimate of drug-likeness (QED) is 0.780. The van der Waals surface area contributed by atoms with Crippen molar-refractivity contribution in [1.82, 2.24) is 4.90 Å². The van der Waals surface area contributed by atoms with Crippen molar-refractivity contribution in [1.29, 1.82) is 0 Å². The predicted octanol–water partition coefficient (Wildman–Crippen LogP) is 0.391. The minimum absolute atomic E-state index is 0.228. The Morgan fingerprint density at radius 3 is 2.81 bits per heavy atom. The molecule has 2 atom stereocenters. The Morgan fingerprint density at radius 1 is 1.56 bits per heavy atom. The van der Waals surface area contributed by atoms with Crippen molar-refractivity contribution >= 4 is 21.6 Å². The Kier molecular flexibility index (Phi) is 5.56. The number of thioether (sulfide) groups is 1. The van der Waals surface area contributed by atoms with E-state index in [4.69, 9.17) is 5.73 Å². The van der Waals surface area contributed by atoms with E-state index in [9.17, 15) is 8.42 Å². The number of sulfone groups is 1. The number of nitrogens with zero attached hydrogens (tertiary/aromatic N) is 1. The van der Waals surface area contributed by atoms with Gasteiger partial charge in [0.25, 0.3) is 0 Å². The van der Waals surface area contributed by atoms with Gasteiger partial charge in [-0.3, -0.25) is 4.90 Å². The van der Waals surface area contributed by atoms with Crippen molar-refractivity contribution in [3.05, 3.63) is 0 Å². The van der Waals surface area contributed by atoms with E-state index in [2.05, 4.69) is 11.8 Å². The Bertz CT molecular complexity index is 306. The molecule has 1 rings (SSSR count). The molecule has 1 heterocycles. The molecule has 6 heteroatoms. The topological polar surface area (TPSA) is 63.4 Å². The van der Waals surface area contributed by atoms with Gasteiger partial charge in [-0.15, -0.1) is 0 Å². The van der Waals surface area contributed by atoms with Crippen LogP contribution in [0.3, 0.4) is 0 Å². The fourth-order valence-electron chi connectivity index (χ4n) is 1.82. The van der Waals surface area contributed by atoms with Gasteiger partial charge in [0, 0.05) is 30.3 Å². The predicted molar refractivity (Wildman–Crippen MR) is 70.4 cm³/mol. The number of hydrogen-bond acceptors (Lipinski definition) is 5. The first-order chi connectivity index (χ1) is 7.51. The summed E-state index contributed by atoms with van der Waals surface area (Å²) < 4.78 is 23.9. The lowest BCUT2D eigenvalue weighted by Crippen LogP contribution is -2.49. The average Bonchev–Trinajstić information content (AvgIpc) is 2.29. The Hall–Kier alpha value is 0.220. The van der Waals surface area contributed by atoms with E-state index in [1.165, 1.54) is 0 Å². The molecule has 16 heavy (non-hydrogen) atoms. The van der Waals surface area contributed by atoms with Crippen molar-refractivity contribution in [3.8, 4) is 0 Å². The van der Waals surface area contributed by atoms with Crippen LogP contribution < -0.4 is 5.73 Å². The Balaban J connectivity index is 2.71. The van der Waals surface area contributed by atoms with Gasteiger partial charge < -0.3 is 5.73 Å². The van der Waals surface area contributed by atoms with Crippen LogP contribution >= 0.6 is 11.8 Å². The lowest BCUT2D eigenvalue weighted by Gasteiger charge is -2.36. The van der Waals surface area contributed by atoms with Crippen molar-refractivity contribution < 1.29 is 8.42 Å². The maximum absolute atomic E-state index is 11.9. The van der Waals surface area contributed by atoms with Crippen LogP contribution in [-0.2, 0) is 9.84 Å². The van der Waals surface area contributed by atoms with Crippen molar-refractivity contribution in [3.63, 3.8) is 0 Å². The molecule has 0 bridgehead atoms. The monoisotopic (exact) mass is 266 g/mol. The van der Waals surface area contributed by atoms with Gasteiger partial charge in [-0.1, -0.05) is 13.8 Å². The minimum atomic E-state index is -2.96. The van der Waals surface area contributed by atoms with E-state index in [0.717, 1.165) is 18.8 Å². The zero-order chi connectivity index (χ0) is 12.2. The van der Waals surface area contributed by atoms with Crippen LogP contribution in [0.2, 0.25) is 0 Å². The maximum atomic E-state index is 11.9. The molecule has 1 aliphatic rings. The first kappa shape index (κ1) is 14.3. The first-order valence-corrected chi connectivity index (χ1v) is 8.61. The van der Waals surface area contributed by atoms with Gasteiger partial charge in [0.1, 0.15) is 5.37 Å². The summed E-state index contributed by atoms with van der Waals surface area (Å²) in [6.45, 7) is 6.05. The normalized spacial score (nSPS) is 25.6. The number of hydrogen-bond donors (Lipinski definition) is 1. The molecule has 0 saturated carbocycles. The lowest BCUT2D eigenvalue weighted by atomic mass is 10.1. The van der Waals surface area contributed by atoms with Crippen LogP contribution in [0.15, 0.2) is 0 Å². The van der Waals surface area contributed by atoms with E-state index < -0.39 is 9.84 Å². The summed E-state index contributed by atoms with van der Waals surface area (Å²) in [5.41, 5.74) is 5.59. The molecule has 0 amide bonds. The summed E-state index contributed by atoms with van der Waals surface area (Å²) in [4.78, 5) is 2.09. The highest BCUT2D eigenvalue weighted by molar-refractivity contribution is 8.01. The third-order valence-electron chi connectivity index (χ3n) is 2.96. The van der Waals surface area contributed by atoms with Gasteiger partial charge in [-0.25, -0.2) is 8.42 Å². The summed E-state index contributed by atoms with van der Waals surface area (Å²) in [5, 5.41) is -0.301. The van der Waals surface area contributed by atoms with Gasteiger partial charge >= 0.3 is 0 Å². The molecule has 1 saturated heterocycles. The average molecular weight is 266 g/mol. The third-order valence-corrected chi connectivity index (χ3v) is 6.29. The second kappa shape index (κ2) is 6.23. The fourth-order valence-corrected chi connectivity index (χ4v) is 4.91. The van der Waals surface area contributed by atoms with E-state index in [1.807, 2.05) is 0 Å². The molecule has 0 aromatic carbocycles. The Labute approximate surface area is 103 Å². The lowest BCUT2D eigenvalue weighted by molar-refractivity contribution is 0.236. The highest BCUT2D eigenvalue weighted by Crippen LogP contribution is 2.22. The summed E-state index contributed by atoms with van der Waals surface area (Å²) in [5.74, 6) is 2.31. The molecule has 0 spiro atoms. The van der Waals surface area contributed by atoms with Gasteiger partial charge in [0.05, 0.1) is 0 Å². The first-order valence-electron chi connectivity index (χ1n) is 5.74. The summed E-state index contributed by atoms with van der Waals surface area (Å²) in [6, 6.07) is 0. The standard InChI is InChI=1S/C10H22N2O2S2/c1-3-16(13,14)10-8-15-5-4-12(10)7-9(2)6-11/h9-10H,3-8,11H2,1-2H3. The Morgan fingerprint density at radius 2 is 2.25 bits per heavy atom. The van der Waals surface area contributed by atoms with Gasteiger partial charge in [0.15, 0.2) is 9.84 Å². The number of nitrogens with two attached hydrogens (primary N) is 1. The van der Waals surface area contributed by atoms with Crippen LogP contribution in [0.25, 0.3) is 0 Å². The van der Waals surface area contributed by atoms with Gasteiger partial charge in [0.2, 0.25) is 0 Å². The van der Waals surface area contributed by atoms with Crippen LogP contribution in [-0.4, -0.2) is 55.6 Å². The highest BCUT2D eigenvalue weighted by Gasteiger charge is 2.32. The summed E-state index contributed by atoms with van der Waals surface area (Å²) in [7, 11) is -2.96. The van der Waals surface area contributed by atoms with Crippen molar-refractivity contribution in [2.75, 3.05) is 36.9 Å². The summed E-state index contributed by atoms with van der Waals surface area (Å²) >= 11 is 1.73. The van der Waals surface area contributed by atoms with Crippen LogP contribution in [0.1, 0.15) is 13.8 Å². The molecule has 1 aliphatic heterocycles. The van der Waals surface area contributed by atoms with Crippen molar-refractivity contribution in [2.24, 2.45) is 11.7 Å². The molecule has 1 fully saturated rings. The molecular weight excluding hydrogens is 244 g/mol. The SMILES string of the molecule is CCS(=O)(=O)C1CSCCN1CC(C)CN. The van der Waals surface area contributed by atoms with Crippen LogP contribution in [0.5, 0.6) is 0 Å². The van der Waals surface area contributed by atoms with E-state index >= 15 is 0 Å². The molecule has 4 nitrogen and oxygen atoms in total. The second-order valence-corrected chi connectivity index (χ2v) is 7.91. The summed E-state index contributed by atoms with van der Waals surface area (Å²) in [6.07, 6.45) is 0. The molecule has 0 aliphatic carbocycles. The zero-order valence-electron chi connectivity index (χ0n) is 10.1. The largest absolute Gasteiger partial charge is 0.330 e. The molecule has 0 aromatic rings. The second-order valence-electron chi connectivity index (χ2n) is 4.32. The van der Waals surface area contributed by atoms with Gasteiger partial charge in [-0.05, 0) is 12.5 Å². The maximum Gasteiger partial charge on any atom is 0.166 e. The van der Waals surface area contributed by atoms with E-state index in [1.54, 1.807) is 18.7 Å². The van der Waals surface area contributed by atoms with E-state index in [0.29, 0.717) is 18.2 Å². The molecule has 2 unspecified atom stereocenters. The zero-order valence-corrected chi connectivity index (χ0v) is 11.7. The van der Waals surface area contributed by atoms with E-state index in [-0.39, 0.29) is 11.1 Å². The smallest absolute Gasteiger partial charge is 0.166 e. The van der Waals surface area contributed by atoms with Gasteiger partial charge in [-0.2, -0.15) is 11.8 Å². The molecule has 2 N–H and O–H groups in total.